The molecular formula is C15H23F2N3. The van der Waals surface area contributed by atoms with Gasteiger partial charge in [0.1, 0.15) is 11.6 Å². The van der Waals surface area contributed by atoms with Crippen LogP contribution in [0.15, 0.2) is 23.2 Å². The lowest BCUT2D eigenvalue weighted by molar-refractivity contribution is 0.571. The second-order valence-corrected chi connectivity index (χ2v) is 4.70. The molecule has 1 atom stereocenters. The Kier molecular flexibility index (Phi) is 6.98. The normalized spacial score (nSPS) is 13.2. The molecule has 112 valence electrons. The van der Waals surface area contributed by atoms with E-state index >= 15 is 0 Å². The van der Waals surface area contributed by atoms with Crippen LogP contribution in [0.25, 0.3) is 0 Å². The Morgan fingerprint density at radius 1 is 1.30 bits per heavy atom. The molecule has 0 saturated heterocycles. The molecule has 0 fully saturated rings. The van der Waals surface area contributed by atoms with Gasteiger partial charge >= 0.3 is 0 Å². The molecule has 0 aliphatic carbocycles. The van der Waals surface area contributed by atoms with Gasteiger partial charge in [-0.25, -0.2) is 8.78 Å². The van der Waals surface area contributed by atoms with Crippen LogP contribution in [-0.2, 0) is 6.42 Å². The van der Waals surface area contributed by atoms with Gasteiger partial charge in [-0.1, -0.05) is 13.0 Å². The summed E-state index contributed by atoms with van der Waals surface area (Å²) in [5.41, 5.74) is 0.481. The number of hydrogen-bond donors (Lipinski definition) is 2. The molecular weight excluding hydrogens is 260 g/mol. The maximum Gasteiger partial charge on any atom is 0.191 e. The zero-order chi connectivity index (χ0) is 15.0. The molecule has 5 heteroatoms. The van der Waals surface area contributed by atoms with E-state index in [0.29, 0.717) is 24.6 Å². The highest BCUT2D eigenvalue weighted by molar-refractivity contribution is 5.80. The summed E-state index contributed by atoms with van der Waals surface area (Å²) in [5, 5.41) is 6.41. The number of aliphatic imine (C=N–C) groups is 1. The van der Waals surface area contributed by atoms with E-state index < -0.39 is 11.6 Å². The van der Waals surface area contributed by atoms with Crippen LogP contribution in [0.2, 0.25) is 0 Å². The SMILES string of the molecule is CCNC(=NCCc1ccc(F)cc1F)NC(C)CC. The van der Waals surface area contributed by atoms with Gasteiger partial charge in [-0.15, -0.1) is 0 Å². The molecule has 0 saturated carbocycles. The number of nitrogens with zero attached hydrogens (tertiary/aromatic N) is 1. The molecule has 0 bridgehead atoms. The number of guanidine groups is 1. The van der Waals surface area contributed by atoms with Gasteiger partial charge in [-0.05, 0) is 38.3 Å². The van der Waals surface area contributed by atoms with E-state index in [4.69, 9.17) is 0 Å². The maximum atomic E-state index is 13.5. The summed E-state index contributed by atoms with van der Waals surface area (Å²) in [6.45, 7) is 7.39. The lowest BCUT2D eigenvalue weighted by atomic mass is 10.1. The lowest BCUT2D eigenvalue weighted by Crippen LogP contribution is -2.42. The van der Waals surface area contributed by atoms with E-state index in [1.54, 1.807) is 0 Å². The van der Waals surface area contributed by atoms with Crippen LogP contribution >= 0.6 is 0 Å². The van der Waals surface area contributed by atoms with Crippen LogP contribution in [-0.4, -0.2) is 25.1 Å². The smallest absolute Gasteiger partial charge is 0.191 e. The summed E-state index contributed by atoms with van der Waals surface area (Å²) in [5.74, 6) is -0.342. The summed E-state index contributed by atoms with van der Waals surface area (Å²) >= 11 is 0. The van der Waals surface area contributed by atoms with Crippen molar-refractivity contribution in [3.8, 4) is 0 Å². The molecule has 3 nitrogen and oxygen atoms in total. The van der Waals surface area contributed by atoms with Crippen LogP contribution in [0, 0.1) is 11.6 Å². The van der Waals surface area contributed by atoms with Gasteiger partial charge in [-0.2, -0.15) is 0 Å². The highest BCUT2D eigenvalue weighted by atomic mass is 19.1. The number of rotatable bonds is 6. The molecule has 1 rings (SSSR count). The maximum absolute atomic E-state index is 13.5. The first-order valence-electron chi connectivity index (χ1n) is 7.05. The fraction of sp³-hybridized carbons (Fsp3) is 0.533. The standard InChI is InChI=1S/C15H23F2N3/c1-4-11(3)20-15(18-5-2)19-9-8-12-6-7-13(16)10-14(12)17/h6-7,10-11H,4-5,8-9H2,1-3H3,(H2,18,19,20). The molecule has 2 N–H and O–H groups in total. The van der Waals surface area contributed by atoms with Crippen molar-refractivity contribution in [2.45, 2.75) is 39.7 Å². The van der Waals surface area contributed by atoms with Crippen molar-refractivity contribution < 1.29 is 8.78 Å². The van der Waals surface area contributed by atoms with E-state index in [1.807, 2.05) is 6.92 Å². The number of benzene rings is 1. The molecule has 20 heavy (non-hydrogen) atoms. The second kappa shape index (κ2) is 8.51. The first-order valence-corrected chi connectivity index (χ1v) is 7.05. The molecule has 0 spiro atoms. The highest BCUT2D eigenvalue weighted by Crippen LogP contribution is 2.10. The Bertz CT molecular complexity index is 447. The largest absolute Gasteiger partial charge is 0.357 e. The minimum Gasteiger partial charge on any atom is -0.357 e. The van der Waals surface area contributed by atoms with E-state index in [-0.39, 0.29) is 0 Å². The molecule has 0 amide bonds. The van der Waals surface area contributed by atoms with Crippen LogP contribution in [0.1, 0.15) is 32.8 Å². The summed E-state index contributed by atoms with van der Waals surface area (Å²) < 4.78 is 26.3. The van der Waals surface area contributed by atoms with Crippen molar-refractivity contribution in [3.05, 3.63) is 35.4 Å². The minimum atomic E-state index is -0.554. The van der Waals surface area contributed by atoms with Crippen molar-refractivity contribution in [1.82, 2.24) is 10.6 Å². The van der Waals surface area contributed by atoms with Crippen molar-refractivity contribution in [2.24, 2.45) is 4.99 Å². The lowest BCUT2D eigenvalue weighted by Gasteiger charge is -2.16. The van der Waals surface area contributed by atoms with Gasteiger partial charge in [0.05, 0.1) is 0 Å². The predicted octanol–water partition coefficient (Wildman–Crippen LogP) is 2.86. The van der Waals surface area contributed by atoms with Gasteiger partial charge in [-0.3, -0.25) is 4.99 Å². The van der Waals surface area contributed by atoms with Crippen molar-refractivity contribution >= 4 is 5.96 Å². The fourth-order valence-corrected chi connectivity index (χ4v) is 1.67. The van der Waals surface area contributed by atoms with Crippen LogP contribution in [0.4, 0.5) is 8.78 Å². The zero-order valence-electron chi connectivity index (χ0n) is 12.3. The van der Waals surface area contributed by atoms with E-state index in [2.05, 4.69) is 29.5 Å². The van der Waals surface area contributed by atoms with Gasteiger partial charge in [0.2, 0.25) is 0 Å². The van der Waals surface area contributed by atoms with Crippen LogP contribution in [0.3, 0.4) is 0 Å². The van der Waals surface area contributed by atoms with Gasteiger partial charge < -0.3 is 10.6 Å². The van der Waals surface area contributed by atoms with Gasteiger partial charge in [0.15, 0.2) is 5.96 Å². The molecule has 0 aliphatic rings. The first kappa shape index (κ1) is 16.4. The van der Waals surface area contributed by atoms with Crippen LogP contribution < -0.4 is 10.6 Å². The van der Waals surface area contributed by atoms with E-state index in [1.165, 1.54) is 12.1 Å². The molecule has 0 heterocycles. The van der Waals surface area contributed by atoms with Gasteiger partial charge in [0.25, 0.3) is 0 Å². The summed E-state index contributed by atoms with van der Waals surface area (Å²) in [7, 11) is 0. The third kappa shape index (κ3) is 5.55. The van der Waals surface area contributed by atoms with Gasteiger partial charge in [0, 0.05) is 25.2 Å². The Hall–Kier alpha value is -1.65. The average Bonchev–Trinajstić information content (AvgIpc) is 2.41. The quantitative estimate of drug-likeness (QED) is 0.622. The van der Waals surface area contributed by atoms with Crippen molar-refractivity contribution in [2.75, 3.05) is 13.1 Å². The van der Waals surface area contributed by atoms with E-state index in [0.717, 1.165) is 25.0 Å². The Labute approximate surface area is 119 Å². The molecule has 0 aliphatic heterocycles. The monoisotopic (exact) mass is 283 g/mol. The number of halogens is 2. The topological polar surface area (TPSA) is 36.4 Å². The molecule has 0 aromatic heterocycles. The van der Waals surface area contributed by atoms with E-state index in [9.17, 15) is 8.78 Å². The average molecular weight is 283 g/mol. The Morgan fingerprint density at radius 2 is 2.05 bits per heavy atom. The van der Waals surface area contributed by atoms with Crippen molar-refractivity contribution in [3.63, 3.8) is 0 Å². The second-order valence-electron chi connectivity index (χ2n) is 4.70. The Morgan fingerprint density at radius 3 is 2.65 bits per heavy atom. The Balaban J connectivity index is 2.58. The molecule has 1 aromatic rings. The van der Waals surface area contributed by atoms with Crippen LogP contribution in [0.5, 0.6) is 0 Å². The minimum absolute atomic E-state index is 0.329. The zero-order valence-corrected chi connectivity index (χ0v) is 12.3. The molecule has 0 radical (unpaired) electrons. The fourth-order valence-electron chi connectivity index (χ4n) is 1.67. The molecule has 1 unspecified atom stereocenters. The third-order valence-corrected chi connectivity index (χ3v) is 3.01. The predicted molar refractivity (Wildman–Crippen MR) is 78.9 cm³/mol. The highest BCUT2D eigenvalue weighted by Gasteiger charge is 2.05. The summed E-state index contributed by atoms with van der Waals surface area (Å²) in [6, 6.07) is 3.97. The van der Waals surface area contributed by atoms with Crippen molar-refractivity contribution in [1.29, 1.82) is 0 Å². The third-order valence-electron chi connectivity index (χ3n) is 3.01. The number of nitrogens with one attached hydrogen (secondary N) is 2. The summed E-state index contributed by atoms with van der Waals surface area (Å²) in [6.07, 6.45) is 1.44. The summed E-state index contributed by atoms with van der Waals surface area (Å²) in [4.78, 5) is 4.39. The molecule has 1 aromatic carbocycles. The first-order chi connectivity index (χ1) is 9.56. The number of hydrogen-bond acceptors (Lipinski definition) is 1.